The predicted octanol–water partition coefficient (Wildman–Crippen LogP) is -2.29. The third-order valence-electron chi connectivity index (χ3n) is 0.970. The third-order valence-corrected chi connectivity index (χ3v) is 0.970. The number of carbonyl (C=O) groups is 3. The first-order chi connectivity index (χ1) is 4.61. The van der Waals surface area contributed by atoms with Gasteiger partial charge in [0.05, 0.1) is 0 Å². The van der Waals surface area contributed by atoms with Crippen LogP contribution < -0.4 is 10.6 Å². The molecule has 0 bridgehead atoms. The summed E-state index contributed by atoms with van der Waals surface area (Å²) < 4.78 is 0. The van der Waals surface area contributed by atoms with Gasteiger partial charge in [0, 0.05) is 0 Å². The molecule has 0 aliphatic carbocycles. The number of aliphatic hydroxyl groups is 1. The zero-order valence-electron chi connectivity index (χ0n) is 4.75. The lowest BCUT2D eigenvalue weighted by atomic mass is 10.3. The fraction of sp³-hybridized carbons (Fsp3) is 0.250. The molecule has 3 N–H and O–H groups in total. The van der Waals surface area contributed by atoms with Gasteiger partial charge in [0.2, 0.25) is 6.10 Å². The fourth-order valence-corrected chi connectivity index (χ4v) is 0.511. The minimum Gasteiger partial charge on any atom is -0.375 e. The van der Waals surface area contributed by atoms with Gasteiger partial charge in [-0.2, -0.15) is 0 Å². The molecule has 4 amide bonds. The second-order valence-corrected chi connectivity index (χ2v) is 1.71. The Balaban J connectivity index is 2.76. The Labute approximate surface area is 55.2 Å². The largest absolute Gasteiger partial charge is 0.375 e. The van der Waals surface area contributed by atoms with E-state index in [1.165, 1.54) is 0 Å². The van der Waals surface area contributed by atoms with E-state index in [1.54, 1.807) is 10.6 Å². The van der Waals surface area contributed by atoms with Gasteiger partial charge in [-0.3, -0.25) is 20.2 Å². The SMILES string of the molecule is O=C1NC(=O)C(O)C(=O)N1. The van der Waals surface area contributed by atoms with Gasteiger partial charge in [-0.25, -0.2) is 4.79 Å². The summed E-state index contributed by atoms with van der Waals surface area (Å²) in [5, 5.41) is 12.0. The van der Waals surface area contributed by atoms with Crippen molar-refractivity contribution in [2.24, 2.45) is 0 Å². The van der Waals surface area contributed by atoms with Gasteiger partial charge in [0.1, 0.15) is 0 Å². The van der Waals surface area contributed by atoms with Crippen LogP contribution in [0.5, 0.6) is 0 Å². The van der Waals surface area contributed by atoms with E-state index in [2.05, 4.69) is 0 Å². The summed E-state index contributed by atoms with van der Waals surface area (Å²) in [5.41, 5.74) is 0. The zero-order chi connectivity index (χ0) is 7.72. The first-order valence-corrected chi connectivity index (χ1v) is 2.45. The van der Waals surface area contributed by atoms with Crippen molar-refractivity contribution in [3.05, 3.63) is 0 Å². The van der Waals surface area contributed by atoms with Crippen molar-refractivity contribution in [2.75, 3.05) is 0 Å². The van der Waals surface area contributed by atoms with Crippen molar-refractivity contribution in [1.29, 1.82) is 0 Å². The summed E-state index contributed by atoms with van der Waals surface area (Å²) in [5.74, 6) is -1.98. The van der Waals surface area contributed by atoms with Crippen LogP contribution in [0.3, 0.4) is 0 Å². The second kappa shape index (κ2) is 2.07. The Morgan fingerprint density at radius 2 is 1.50 bits per heavy atom. The number of hydrogen-bond donors (Lipinski definition) is 3. The summed E-state index contributed by atoms with van der Waals surface area (Å²) in [4.78, 5) is 31.0. The van der Waals surface area contributed by atoms with Gasteiger partial charge in [0.25, 0.3) is 11.8 Å². The topological polar surface area (TPSA) is 95.5 Å². The molecule has 0 radical (unpaired) electrons. The van der Waals surface area contributed by atoms with Crippen molar-refractivity contribution in [3.63, 3.8) is 0 Å². The van der Waals surface area contributed by atoms with Crippen molar-refractivity contribution in [1.82, 2.24) is 10.6 Å². The smallest absolute Gasteiger partial charge is 0.328 e. The summed E-state index contributed by atoms with van der Waals surface area (Å²) >= 11 is 0. The van der Waals surface area contributed by atoms with E-state index in [4.69, 9.17) is 5.11 Å². The minimum atomic E-state index is -1.77. The molecule has 6 heteroatoms. The van der Waals surface area contributed by atoms with Gasteiger partial charge in [-0.1, -0.05) is 0 Å². The van der Waals surface area contributed by atoms with Crippen molar-refractivity contribution in [2.45, 2.75) is 6.10 Å². The Morgan fingerprint density at radius 1 is 1.10 bits per heavy atom. The highest BCUT2D eigenvalue weighted by atomic mass is 16.3. The number of hydrogen-bond acceptors (Lipinski definition) is 4. The highest BCUT2D eigenvalue weighted by Crippen LogP contribution is 1.88. The quantitative estimate of drug-likeness (QED) is 0.333. The second-order valence-electron chi connectivity index (χ2n) is 1.71. The van der Waals surface area contributed by atoms with Crippen molar-refractivity contribution in [3.8, 4) is 0 Å². The molecule has 1 aliphatic heterocycles. The Morgan fingerprint density at radius 3 is 1.90 bits per heavy atom. The van der Waals surface area contributed by atoms with Gasteiger partial charge in [-0.15, -0.1) is 0 Å². The molecule has 0 atom stereocenters. The number of urea groups is 1. The van der Waals surface area contributed by atoms with E-state index in [-0.39, 0.29) is 0 Å². The van der Waals surface area contributed by atoms with E-state index >= 15 is 0 Å². The number of aliphatic hydroxyl groups excluding tert-OH is 1. The molecule has 54 valence electrons. The number of amides is 4. The van der Waals surface area contributed by atoms with E-state index < -0.39 is 23.9 Å². The highest BCUT2D eigenvalue weighted by molar-refractivity contribution is 6.17. The van der Waals surface area contributed by atoms with E-state index in [1.807, 2.05) is 0 Å². The summed E-state index contributed by atoms with van der Waals surface area (Å²) in [7, 11) is 0. The number of imide groups is 2. The lowest BCUT2D eigenvalue weighted by Gasteiger charge is -2.15. The van der Waals surface area contributed by atoms with Crippen LogP contribution >= 0.6 is 0 Å². The Hall–Kier alpha value is -1.43. The van der Waals surface area contributed by atoms with Crippen molar-refractivity contribution >= 4 is 17.8 Å². The maximum absolute atomic E-state index is 10.4. The van der Waals surface area contributed by atoms with E-state index in [9.17, 15) is 14.4 Å². The molecule has 1 fully saturated rings. The van der Waals surface area contributed by atoms with Crippen LogP contribution in [-0.2, 0) is 9.59 Å². The highest BCUT2D eigenvalue weighted by Gasteiger charge is 2.31. The maximum Gasteiger partial charge on any atom is 0.328 e. The number of carbonyl (C=O) groups excluding carboxylic acids is 3. The van der Waals surface area contributed by atoms with Crippen molar-refractivity contribution < 1.29 is 19.5 Å². The number of barbiturate groups is 1. The standard InChI is InChI=1S/C4H4N2O4/c7-1-2(8)5-4(10)6-3(1)9/h1,7H,(H2,5,6,8,9,10). The van der Waals surface area contributed by atoms with Gasteiger partial charge in [-0.05, 0) is 0 Å². The van der Waals surface area contributed by atoms with Gasteiger partial charge in [0.15, 0.2) is 0 Å². The molecule has 1 heterocycles. The van der Waals surface area contributed by atoms with Gasteiger partial charge < -0.3 is 5.11 Å². The normalized spacial score (nSPS) is 20.3. The first kappa shape index (κ1) is 6.69. The number of rotatable bonds is 0. The monoisotopic (exact) mass is 144 g/mol. The average molecular weight is 144 g/mol. The Kier molecular flexibility index (Phi) is 1.38. The van der Waals surface area contributed by atoms with E-state index in [0.29, 0.717) is 0 Å². The average Bonchev–Trinajstić information content (AvgIpc) is 1.82. The third kappa shape index (κ3) is 0.960. The minimum absolute atomic E-state index is 0.903. The molecule has 0 aromatic carbocycles. The van der Waals surface area contributed by atoms with Crippen LogP contribution in [0.4, 0.5) is 4.79 Å². The molecule has 10 heavy (non-hydrogen) atoms. The molecule has 0 saturated carbocycles. The molecule has 0 aromatic heterocycles. The van der Waals surface area contributed by atoms with Crippen LogP contribution in [0.15, 0.2) is 0 Å². The fourth-order valence-electron chi connectivity index (χ4n) is 0.511. The summed E-state index contributed by atoms with van der Waals surface area (Å²) in [6.07, 6.45) is -1.77. The molecule has 6 nitrogen and oxygen atoms in total. The molecule has 1 saturated heterocycles. The van der Waals surface area contributed by atoms with Gasteiger partial charge >= 0.3 is 6.03 Å². The molecule has 0 aromatic rings. The lowest BCUT2D eigenvalue weighted by Crippen LogP contribution is -2.58. The van der Waals surface area contributed by atoms with E-state index in [0.717, 1.165) is 0 Å². The summed E-state index contributed by atoms with van der Waals surface area (Å²) in [6.45, 7) is 0. The molecular weight excluding hydrogens is 140 g/mol. The summed E-state index contributed by atoms with van der Waals surface area (Å²) in [6, 6.07) is -0.903. The molecular formula is C4H4N2O4. The Bertz CT molecular complexity index is 191. The predicted molar refractivity (Wildman–Crippen MR) is 27.7 cm³/mol. The zero-order valence-corrected chi connectivity index (χ0v) is 4.75. The molecule has 1 rings (SSSR count). The van der Waals surface area contributed by atoms with Crippen LogP contribution in [-0.4, -0.2) is 29.1 Å². The van der Waals surface area contributed by atoms with Crippen LogP contribution in [0.2, 0.25) is 0 Å². The maximum atomic E-state index is 10.4. The molecule has 0 unspecified atom stereocenters. The van der Waals surface area contributed by atoms with Crippen LogP contribution in [0, 0.1) is 0 Å². The van der Waals surface area contributed by atoms with Crippen LogP contribution in [0.25, 0.3) is 0 Å². The first-order valence-electron chi connectivity index (χ1n) is 2.45. The molecule has 1 aliphatic rings. The van der Waals surface area contributed by atoms with Crippen LogP contribution in [0.1, 0.15) is 0 Å². The molecule has 0 spiro atoms. The number of nitrogens with one attached hydrogen (secondary N) is 2. The lowest BCUT2D eigenvalue weighted by molar-refractivity contribution is -0.141.